The molecule has 1 fully saturated rings. The number of aromatic nitrogens is 2. The van der Waals surface area contributed by atoms with Gasteiger partial charge in [0.25, 0.3) is 5.91 Å². The van der Waals surface area contributed by atoms with E-state index < -0.39 is 0 Å². The monoisotopic (exact) mass is 417 g/mol. The zero-order valence-corrected chi connectivity index (χ0v) is 17.3. The molecule has 2 heterocycles. The highest BCUT2D eigenvalue weighted by Gasteiger charge is 2.28. The van der Waals surface area contributed by atoms with Gasteiger partial charge in [0.1, 0.15) is 5.75 Å². The second-order valence-corrected chi connectivity index (χ2v) is 8.71. The van der Waals surface area contributed by atoms with Crippen molar-refractivity contribution in [3.8, 4) is 17.0 Å². The second kappa shape index (κ2) is 7.95. The molecule has 0 spiro atoms. The Bertz CT molecular complexity index is 1160. The van der Waals surface area contributed by atoms with Gasteiger partial charge in [-0.15, -0.1) is 0 Å². The number of aromatic amines is 1. The Morgan fingerprint density at radius 2 is 1.93 bits per heavy atom. The molecule has 0 bridgehead atoms. The highest BCUT2D eigenvalue weighted by molar-refractivity contribution is 7.08. The maximum Gasteiger partial charge on any atom is 0.251 e. The van der Waals surface area contributed by atoms with Crippen LogP contribution in [-0.2, 0) is 0 Å². The molecule has 6 heteroatoms. The molecule has 152 valence electrons. The van der Waals surface area contributed by atoms with E-state index in [2.05, 4.69) is 32.3 Å². The van der Waals surface area contributed by atoms with Gasteiger partial charge in [-0.25, -0.2) is 0 Å². The summed E-state index contributed by atoms with van der Waals surface area (Å²) in [5, 5.41) is 25.4. The van der Waals surface area contributed by atoms with E-state index in [0.29, 0.717) is 11.5 Å². The van der Waals surface area contributed by atoms with Crippen molar-refractivity contribution in [2.75, 3.05) is 0 Å². The van der Waals surface area contributed by atoms with Crippen LogP contribution in [0.15, 0.2) is 59.3 Å². The van der Waals surface area contributed by atoms with Crippen LogP contribution in [0.4, 0.5) is 0 Å². The lowest BCUT2D eigenvalue weighted by Crippen LogP contribution is -2.32. The lowest BCUT2D eigenvalue weighted by Gasteiger charge is -2.24. The molecule has 2 aromatic heterocycles. The lowest BCUT2D eigenvalue weighted by molar-refractivity contribution is 0.0922. The molecule has 0 unspecified atom stereocenters. The van der Waals surface area contributed by atoms with E-state index in [9.17, 15) is 9.90 Å². The Balaban J connectivity index is 1.45. The standard InChI is InChI=1S/C24H23N3O2S/c28-19-8-5-16(6-9-19)23-20-13-17(7-10-21(20)26-27-23)24(29)25-22(15-3-1-2-4-15)18-11-12-30-14-18/h5-15,22,28H,1-4H2,(H,25,29)(H,26,27)/t22-/m0/s1. The average molecular weight is 418 g/mol. The number of hydrogen-bond acceptors (Lipinski definition) is 4. The van der Waals surface area contributed by atoms with Gasteiger partial charge in [-0.2, -0.15) is 16.4 Å². The van der Waals surface area contributed by atoms with E-state index in [4.69, 9.17) is 0 Å². The summed E-state index contributed by atoms with van der Waals surface area (Å²) >= 11 is 1.67. The summed E-state index contributed by atoms with van der Waals surface area (Å²) in [5.41, 5.74) is 4.36. The summed E-state index contributed by atoms with van der Waals surface area (Å²) in [6, 6.07) is 14.7. The first kappa shape index (κ1) is 18.9. The van der Waals surface area contributed by atoms with Crippen molar-refractivity contribution < 1.29 is 9.90 Å². The number of nitrogens with one attached hydrogen (secondary N) is 2. The van der Waals surface area contributed by atoms with Gasteiger partial charge >= 0.3 is 0 Å². The van der Waals surface area contributed by atoms with Crippen molar-refractivity contribution in [1.29, 1.82) is 0 Å². The number of hydrogen-bond donors (Lipinski definition) is 3. The minimum Gasteiger partial charge on any atom is -0.508 e. The fraction of sp³-hybridized carbons (Fsp3) is 0.250. The van der Waals surface area contributed by atoms with Crippen LogP contribution in [0.3, 0.4) is 0 Å². The van der Waals surface area contributed by atoms with Gasteiger partial charge in [0.2, 0.25) is 0 Å². The van der Waals surface area contributed by atoms with Crippen molar-refractivity contribution in [1.82, 2.24) is 15.5 Å². The summed E-state index contributed by atoms with van der Waals surface area (Å²) in [7, 11) is 0. The summed E-state index contributed by atoms with van der Waals surface area (Å²) in [6.07, 6.45) is 4.79. The normalized spacial score (nSPS) is 15.5. The summed E-state index contributed by atoms with van der Waals surface area (Å²) in [5.74, 6) is 0.650. The molecule has 4 aromatic rings. The zero-order valence-electron chi connectivity index (χ0n) is 16.5. The highest BCUT2D eigenvalue weighted by Crippen LogP contribution is 2.37. The molecule has 0 saturated heterocycles. The number of phenols is 1. The Labute approximate surface area is 178 Å². The van der Waals surface area contributed by atoms with Crippen LogP contribution >= 0.6 is 11.3 Å². The van der Waals surface area contributed by atoms with Crippen LogP contribution in [0.5, 0.6) is 5.75 Å². The fourth-order valence-electron chi connectivity index (χ4n) is 4.44. The molecule has 0 radical (unpaired) electrons. The smallest absolute Gasteiger partial charge is 0.251 e. The third kappa shape index (κ3) is 3.59. The maximum atomic E-state index is 13.2. The zero-order chi connectivity index (χ0) is 20.5. The van der Waals surface area contributed by atoms with Crippen molar-refractivity contribution >= 4 is 28.1 Å². The van der Waals surface area contributed by atoms with E-state index in [1.165, 1.54) is 18.4 Å². The minimum absolute atomic E-state index is 0.0575. The number of fused-ring (bicyclic) bond motifs is 1. The molecule has 1 saturated carbocycles. The number of carbonyl (C=O) groups is 1. The van der Waals surface area contributed by atoms with Gasteiger partial charge in [-0.05, 0) is 83.6 Å². The minimum atomic E-state index is -0.0575. The molecule has 1 atom stereocenters. The van der Waals surface area contributed by atoms with E-state index in [0.717, 1.165) is 35.0 Å². The van der Waals surface area contributed by atoms with Crippen LogP contribution in [0, 0.1) is 5.92 Å². The first-order valence-corrected chi connectivity index (χ1v) is 11.2. The summed E-state index contributed by atoms with van der Waals surface area (Å²) in [6.45, 7) is 0. The molecule has 2 aromatic carbocycles. The molecular formula is C24H23N3O2S. The van der Waals surface area contributed by atoms with Crippen LogP contribution in [-0.4, -0.2) is 21.2 Å². The maximum absolute atomic E-state index is 13.2. The first-order chi connectivity index (χ1) is 14.7. The van der Waals surface area contributed by atoms with Crippen LogP contribution in [0.2, 0.25) is 0 Å². The number of carbonyl (C=O) groups excluding carboxylic acids is 1. The molecule has 5 rings (SSSR count). The van der Waals surface area contributed by atoms with Gasteiger partial charge in [-0.3, -0.25) is 9.89 Å². The molecule has 5 nitrogen and oxygen atoms in total. The van der Waals surface area contributed by atoms with Crippen molar-refractivity contribution in [2.24, 2.45) is 5.92 Å². The van der Waals surface area contributed by atoms with Gasteiger partial charge < -0.3 is 10.4 Å². The topological polar surface area (TPSA) is 78.0 Å². The number of nitrogens with zero attached hydrogens (tertiary/aromatic N) is 1. The highest BCUT2D eigenvalue weighted by atomic mass is 32.1. The van der Waals surface area contributed by atoms with E-state index in [1.54, 1.807) is 23.5 Å². The number of thiophene rings is 1. The number of H-pyrrole nitrogens is 1. The summed E-state index contributed by atoms with van der Waals surface area (Å²) in [4.78, 5) is 13.2. The summed E-state index contributed by atoms with van der Waals surface area (Å²) < 4.78 is 0. The third-order valence-electron chi connectivity index (χ3n) is 6.03. The Morgan fingerprint density at radius 1 is 1.13 bits per heavy atom. The second-order valence-electron chi connectivity index (χ2n) is 7.93. The Morgan fingerprint density at radius 3 is 2.67 bits per heavy atom. The van der Waals surface area contributed by atoms with Gasteiger partial charge in [-0.1, -0.05) is 12.8 Å². The largest absolute Gasteiger partial charge is 0.508 e. The van der Waals surface area contributed by atoms with Gasteiger partial charge in [0.05, 0.1) is 17.3 Å². The molecular weight excluding hydrogens is 394 g/mol. The van der Waals surface area contributed by atoms with Crippen LogP contribution < -0.4 is 5.32 Å². The molecule has 1 aliphatic carbocycles. The van der Waals surface area contributed by atoms with Crippen LogP contribution in [0.1, 0.15) is 47.6 Å². The number of amides is 1. The van der Waals surface area contributed by atoms with Gasteiger partial charge in [0, 0.05) is 16.5 Å². The number of aromatic hydroxyl groups is 1. The Hall–Kier alpha value is -3.12. The predicted molar refractivity (Wildman–Crippen MR) is 120 cm³/mol. The fourth-order valence-corrected chi connectivity index (χ4v) is 5.13. The number of benzene rings is 2. The third-order valence-corrected chi connectivity index (χ3v) is 6.73. The van der Waals surface area contributed by atoms with E-state index in [1.807, 2.05) is 30.3 Å². The van der Waals surface area contributed by atoms with E-state index in [-0.39, 0.29) is 17.7 Å². The first-order valence-electron chi connectivity index (χ1n) is 10.3. The quantitative estimate of drug-likeness (QED) is 0.392. The Kier molecular flexibility index (Phi) is 5.01. The van der Waals surface area contributed by atoms with Crippen molar-refractivity contribution in [3.63, 3.8) is 0 Å². The SMILES string of the molecule is O=C(N[C@H](c1ccsc1)C1CCCC1)c1ccc2[nH]nc(-c3ccc(O)cc3)c2c1. The predicted octanol–water partition coefficient (Wildman–Crippen LogP) is 5.66. The average Bonchev–Trinajstić information content (AvgIpc) is 3.54. The molecule has 1 aliphatic rings. The van der Waals surface area contributed by atoms with Crippen molar-refractivity contribution in [2.45, 2.75) is 31.7 Å². The molecule has 30 heavy (non-hydrogen) atoms. The van der Waals surface area contributed by atoms with Gasteiger partial charge in [0.15, 0.2) is 0 Å². The number of phenolic OH excluding ortho intramolecular Hbond substituents is 1. The van der Waals surface area contributed by atoms with Crippen molar-refractivity contribution in [3.05, 3.63) is 70.4 Å². The lowest BCUT2D eigenvalue weighted by atomic mass is 9.93. The molecule has 3 N–H and O–H groups in total. The van der Waals surface area contributed by atoms with E-state index >= 15 is 0 Å². The molecule has 0 aliphatic heterocycles. The molecule has 1 amide bonds. The van der Waals surface area contributed by atoms with Crippen LogP contribution in [0.25, 0.3) is 22.2 Å². The number of rotatable bonds is 5.